The van der Waals surface area contributed by atoms with Crippen molar-refractivity contribution in [2.24, 2.45) is 0 Å². The molecule has 18 heavy (non-hydrogen) atoms. The summed E-state index contributed by atoms with van der Waals surface area (Å²) in [6.45, 7) is 6.61. The van der Waals surface area contributed by atoms with E-state index in [2.05, 4.69) is 5.32 Å². The molecule has 0 radical (unpaired) electrons. The predicted octanol–water partition coefficient (Wildman–Crippen LogP) is 4.01. The number of amides is 1. The van der Waals surface area contributed by atoms with Crippen molar-refractivity contribution in [3.63, 3.8) is 0 Å². The summed E-state index contributed by atoms with van der Waals surface area (Å²) in [6.07, 6.45) is 0. The van der Waals surface area contributed by atoms with Crippen LogP contribution in [0, 0.1) is 6.92 Å². The molecule has 0 bridgehead atoms. The lowest BCUT2D eigenvalue weighted by molar-refractivity contribution is 0.0951. The second kappa shape index (κ2) is 7.67. The lowest BCUT2D eigenvalue weighted by Gasteiger charge is -2.03. The van der Waals surface area contributed by atoms with E-state index in [1.807, 2.05) is 62.5 Å². The number of benzene rings is 1. The summed E-state index contributed by atoms with van der Waals surface area (Å²) < 4.78 is 0. The number of carbonyl (C=O) groups is 1. The Morgan fingerprint density at radius 1 is 1.17 bits per heavy atom. The molecular formula is C15H19NOS. The van der Waals surface area contributed by atoms with Crippen LogP contribution in [0.5, 0.6) is 0 Å². The molecule has 3 heteroatoms. The highest BCUT2D eigenvalue weighted by molar-refractivity contribution is 7.09. The standard InChI is InChI=1S/C13H13NOS.C2H6/c1-10-4-6-11(7-5-10)13(15)14-9-12-3-2-8-16-12;1-2/h2-8H,9H2,1H3,(H,14,15);1-2H3. The fraction of sp³-hybridized carbons (Fsp3) is 0.267. The Morgan fingerprint density at radius 3 is 2.39 bits per heavy atom. The first-order valence-electron chi connectivity index (χ1n) is 6.13. The van der Waals surface area contributed by atoms with E-state index in [1.165, 1.54) is 4.88 Å². The molecule has 0 aliphatic carbocycles. The SMILES string of the molecule is CC.Cc1ccc(C(=O)NCc2cccs2)cc1. The van der Waals surface area contributed by atoms with E-state index in [0.29, 0.717) is 12.1 Å². The van der Waals surface area contributed by atoms with Gasteiger partial charge < -0.3 is 5.32 Å². The number of hydrogen-bond donors (Lipinski definition) is 1. The zero-order chi connectivity index (χ0) is 13.4. The minimum atomic E-state index is -0.0200. The second-order valence-electron chi connectivity index (χ2n) is 3.63. The topological polar surface area (TPSA) is 29.1 Å². The lowest BCUT2D eigenvalue weighted by atomic mass is 10.1. The molecule has 1 N–H and O–H groups in total. The molecular weight excluding hydrogens is 242 g/mol. The van der Waals surface area contributed by atoms with Gasteiger partial charge in [-0.3, -0.25) is 4.79 Å². The van der Waals surface area contributed by atoms with Gasteiger partial charge in [0.25, 0.3) is 5.91 Å². The van der Waals surface area contributed by atoms with Crippen molar-refractivity contribution in [2.45, 2.75) is 27.3 Å². The van der Waals surface area contributed by atoms with Crippen molar-refractivity contribution in [3.8, 4) is 0 Å². The van der Waals surface area contributed by atoms with E-state index in [9.17, 15) is 4.79 Å². The highest BCUT2D eigenvalue weighted by atomic mass is 32.1. The van der Waals surface area contributed by atoms with E-state index < -0.39 is 0 Å². The van der Waals surface area contributed by atoms with Gasteiger partial charge in [0.1, 0.15) is 0 Å². The first-order valence-corrected chi connectivity index (χ1v) is 7.01. The van der Waals surface area contributed by atoms with Crippen molar-refractivity contribution in [1.29, 1.82) is 0 Å². The summed E-state index contributed by atoms with van der Waals surface area (Å²) in [5, 5.41) is 4.90. The molecule has 96 valence electrons. The molecule has 1 aromatic heterocycles. The van der Waals surface area contributed by atoms with Crippen LogP contribution >= 0.6 is 11.3 Å². The van der Waals surface area contributed by atoms with Gasteiger partial charge in [0.05, 0.1) is 6.54 Å². The first kappa shape index (κ1) is 14.5. The van der Waals surface area contributed by atoms with Gasteiger partial charge in [-0.2, -0.15) is 0 Å². The van der Waals surface area contributed by atoms with E-state index in [4.69, 9.17) is 0 Å². The normalized spacial score (nSPS) is 9.28. The molecule has 0 spiro atoms. The number of nitrogens with one attached hydrogen (secondary N) is 1. The molecule has 2 aromatic rings. The van der Waals surface area contributed by atoms with Crippen LogP contribution in [0.3, 0.4) is 0 Å². The summed E-state index contributed by atoms with van der Waals surface area (Å²) in [5.74, 6) is -0.0200. The highest BCUT2D eigenvalue weighted by Gasteiger charge is 2.04. The maximum Gasteiger partial charge on any atom is 0.251 e. The molecule has 0 fully saturated rings. The largest absolute Gasteiger partial charge is 0.347 e. The second-order valence-corrected chi connectivity index (χ2v) is 4.66. The van der Waals surface area contributed by atoms with Crippen LogP contribution in [0.1, 0.15) is 34.6 Å². The Kier molecular flexibility index (Phi) is 6.15. The Hall–Kier alpha value is -1.61. The minimum Gasteiger partial charge on any atom is -0.347 e. The third kappa shape index (κ3) is 4.34. The monoisotopic (exact) mass is 261 g/mol. The van der Waals surface area contributed by atoms with Crippen molar-refractivity contribution >= 4 is 17.2 Å². The Balaban J connectivity index is 0.000000771. The molecule has 0 aliphatic heterocycles. The molecule has 0 aliphatic rings. The minimum absolute atomic E-state index is 0.0200. The molecule has 2 rings (SSSR count). The van der Waals surface area contributed by atoms with Gasteiger partial charge in [0.2, 0.25) is 0 Å². The fourth-order valence-corrected chi connectivity index (χ4v) is 2.03. The molecule has 1 amide bonds. The zero-order valence-corrected chi connectivity index (χ0v) is 11.9. The van der Waals surface area contributed by atoms with Gasteiger partial charge in [-0.25, -0.2) is 0 Å². The van der Waals surface area contributed by atoms with Gasteiger partial charge in [0.15, 0.2) is 0 Å². The average Bonchev–Trinajstić information content (AvgIpc) is 2.92. The third-order valence-electron chi connectivity index (χ3n) is 2.32. The van der Waals surface area contributed by atoms with E-state index in [-0.39, 0.29) is 5.91 Å². The van der Waals surface area contributed by atoms with Gasteiger partial charge in [-0.05, 0) is 30.5 Å². The quantitative estimate of drug-likeness (QED) is 0.888. The van der Waals surface area contributed by atoms with Crippen LogP contribution in [-0.2, 0) is 6.54 Å². The molecule has 0 atom stereocenters. The predicted molar refractivity (Wildman–Crippen MR) is 78.0 cm³/mol. The maximum absolute atomic E-state index is 11.7. The van der Waals surface area contributed by atoms with Crippen LogP contribution in [0.2, 0.25) is 0 Å². The van der Waals surface area contributed by atoms with Crippen LogP contribution < -0.4 is 5.32 Å². The van der Waals surface area contributed by atoms with Crippen molar-refractivity contribution in [2.75, 3.05) is 0 Å². The smallest absolute Gasteiger partial charge is 0.251 e. The molecule has 0 saturated heterocycles. The molecule has 1 heterocycles. The van der Waals surface area contributed by atoms with Crippen LogP contribution in [-0.4, -0.2) is 5.91 Å². The van der Waals surface area contributed by atoms with E-state index >= 15 is 0 Å². The molecule has 2 nitrogen and oxygen atoms in total. The summed E-state index contributed by atoms with van der Waals surface area (Å²) in [5.41, 5.74) is 1.87. The summed E-state index contributed by atoms with van der Waals surface area (Å²) >= 11 is 1.65. The Labute approximate surface area is 113 Å². The van der Waals surface area contributed by atoms with Crippen molar-refractivity contribution < 1.29 is 4.79 Å². The summed E-state index contributed by atoms with van der Waals surface area (Å²) in [7, 11) is 0. The van der Waals surface area contributed by atoms with Crippen molar-refractivity contribution in [3.05, 3.63) is 57.8 Å². The number of carbonyl (C=O) groups excluding carboxylic acids is 1. The Morgan fingerprint density at radius 2 is 1.83 bits per heavy atom. The van der Waals surface area contributed by atoms with Crippen LogP contribution in [0.4, 0.5) is 0 Å². The van der Waals surface area contributed by atoms with E-state index in [0.717, 1.165) is 5.56 Å². The van der Waals surface area contributed by atoms with Gasteiger partial charge in [-0.1, -0.05) is 37.6 Å². The third-order valence-corrected chi connectivity index (χ3v) is 3.19. The van der Waals surface area contributed by atoms with Gasteiger partial charge >= 0.3 is 0 Å². The molecule has 0 unspecified atom stereocenters. The Bertz CT molecular complexity index is 460. The molecule has 0 saturated carbocycles. The van der Waals surface area contributed by atoms with Gasteiger partial charge in [-0.15, -0.1) is 11.3 Å². The van der Waals surface area contributed by atoms with Crippen molar-refractivity contribution in [1.82, 2.24) is 5.32 Å². The number of rotatable bonds is 3. The summed E-state index contributed by atoms with van der Waals surface area (Å²) in [4.78, 5) is 12.9. The average molecular weight is 261 g/mol. The molecule has 1 aromatic carbocycles. The number of hydrogen-bond acceptors (Lipinski definition) is 2. The lowest BCUT2D eigenvalue weighted by Crippen LogP contribution is -2.22. The maximum atomic E-state index is 11.7. The number of aryl methyl sites for hydroxylation is 1. The van der Waals surface area contributed by atoms with Gasteiger partial charge in [0, 0.05) is 10.4 Å². The summed E-state index contributed by atoms with van der Waals surface area (Å²) in [6, 6.07) is 11.6. The van der Waals surface area contributed by atoms with Crippen LogP contribution in [0.15, 0.2) is 41.8 Å². The highest BCUT2D eigenvalue weighted by Crippen LogP contribution is 2.08. The fourth-order valence-electron chi connectivity index (χ4n) is 1.39. The zero-order valence-electron chi connectivity index (χ0n) is 11.1. The number of thiophene rings is 1. The first-order chi connectivity index (χ1) is 8.75. The van der Waals surface area contributed by atoms with E-state index in [1.54, 1.807) is 11.3 Å². The van der Waals surface area contributed by atoms with Crippen LogP contribution in [0.25, 0.3) is 0 Å².